The van der Waals surface area contributed by atoms with Crippen molar-refractivity contribution in [1.82, 2.24) is 24.5 Å². The third kappa shape index (κ3) is 3.77. The van der Waals surface area contributed by atoms with Crippen LogP contribution in [-0.2, 0) is 22.6 Å². The molecule has 0 aliphatic rings. The number of hydrogen-bond acceptors (Lipinski definition) is 6. The van der Waals surface area contributed by atoms with Gasteiger partial charge in [0.15, 0.2) is 0 Å². The van der Waals surface area contributed by atoms with Crippen molar-refractivity contribution in [3.05, 3.63) is 40.9 Å². The molecule has 25 heavy (non-hydrogen) atoms. The number of hydrogen-bond donors (Lipinski definition) is 1. The fraction of sp³-hybridized carbons (Fsp3) is 0.250. The summed E-state index contributed by atoms with van der Waals surface area (Å²) in [5.41, 5.74) is 0. The van der Waals surface area contributed by atoms with Crippen molar-refractivity contribution in [2.24, 2.45) is 0 Å². The number of nitrogens with one attached hydrogen (secondary N) is 1. The third-order valence-corrected chi connectivity index (χ3v) is 5.48. The molecule has 0 radical (unpaired) electrons. The second-order valence-corrected chi connectivity index (χ2v) is 7.62. The lowest BCUT2D eigenvalue weighted by atomic mass is 10.4. The summed E-state index contributed by atoms with van der Waals surface area (Å²) in [6.45, 7) is -0.0921. The lowest BCUT2D eigenvalue weighted by Gasteiger charge is -2.05. The minimum absolute atomic E-state index is 0.0382. The highest BCUT2D eigenvalue weighted by Crippen LogP contribution is 2.29. The third-order valence-electron chi connectivity index (χ3n) is 3.04. The molecule has 134 valence electrons. The Balaban J connectivity index is 1.69. The van der Waals surface area contributed by atoms with Crippen LogP contribution in [-0.4, -0.2) is 34.8 Å². The standard InChI is InChI=1S/C12H9F4N5O2S2/c13-7-1-3-8(4-2-7)25(22,23)17-6-5-9-20-21-10(12(14,15)16)18-19-11(21)24-9/h1-4,17H,5-6H2. The van der Waals surface area contributed by atoms with Gasteiger partial charge in [0.2, 0.25) is 15.0 Å². The lowest BCUT2D eigenvalue weighted by molar-refractivity contribution is -0.146. The van der Waals surface area contributed by atoms with Gasteiger partial charge in [-0.05, 0) is 24.3 Å². The molecule has 7 nitrogen and oxygen atoms in total. The van der Waals surface area contributed by atoms with Gasteiger partial charge in [-0.3, -0.25) is 0 Å². The Labute approximate surface area is 142 Å². The maximum atomic E-state index is 12.8. The molecule has 0 spiro atoms. The first-order valence-electron chi connectivity index (χ1n) is 6.70. The summed E-state index contributed by atoms with van der Waals surface area (Å²) in [5.74, 6) is -1.81. The highest BCUT2D eigenvalue weighted by atomic mass is 32.2. The van der Waals surface area contributed by atoms with Crippen LogP contribution < -0.4 is 4.72 Å². The summed E-state index contributed by atoms with van der Waals surface area (Å²) in [5, 5.41) is 10.4. The van der Waals surface area contributed by atoms with Crippen molar-refractivity contribution < 1.29 is 26.0 Å². The normalized spacial score (nSPS) is 12.8. The lowest BCUT2D eigenvalue weighted by Crippen LogP contribution is -2.26. The molecule has 0 bridgehead atoms. The van der Waals surface area contributed by atoms with Crippen LogP contribution in [0.2, 0.25) is 0 Å². The second kappa shape index (κ2) is 6.31. The van der Waals surface area contributed by atoms with Gasteiger partial charge in [0, 0.05) is 13.0 Å². The molecule has 0 atom stereocenters. The van der Waals surface area contributed by atoms with Gasteiger partial charge in [-0.15, -0.1) is 10.2 Å². The van der Waals surface area contributed by atoms with E-state index in [4.69, 9.17) is 0 Å². The molecule has 0 aliphatic heterocycles. The van der Waals surface area contributed by atoms with E-state index in [2.05, 4.69) is 20.0 Å². The molecule has 0 aliphatic carbocycles. The first kappa shape index (κ1) is 17.7. The Morgan fingerprint density at radius 1 is 1.16 bits per heavy atom. The zero-order valence-electron chi connectivity index (χ0n) is 12.2. The number of fused-ring (bicyclic) bond motifs is 1. The molecular weight excluding hydrogens is 386 g/mol. The predicted octanol–water partition coefficient (Wildman–Crippen LogP) is 1.86. The van der Waals surface area contributed by atoms with Gasteiger partial charge in [0.1, 0.15) is 10.8 Å². The van der Waals surface area contributed by atoms with E-state index < -0.39 is 27.8 Å². The fourth-order valence-electron chi connectivity index (χ4n) is 1.92. The van der Waals surface area contributed by atoms with E-state index in [0.29, 0.717) is 4.52 Å². The maximum Gasteiger partial charge on any atom is 0.453 e. The number of benzene rings is 1. The van der Waals surface area contributed by atoms with E-state index in [1.165, 1.54) is 0 Å². The van der Waals surface area contributed by atoms with Crippen molar-refractivity contribution in [3.63, 3.8) is 0 Å². The molecule has 3 aromatic rings. The molecule has 1 aromatic carbocycles. The molecule has 0 saturated heterocycles. The van der Waals surface area contributed by atoms with Crippen molar-refractivity contribution >= 4 is 26.3 Å². The van der Waals surface area contributed by atoms with Crippen molar-refractivity contribution in [3.8, 4) is 0 Å². The van der Waals surface area contributed by atoms with Gasteiger partial charge >= 0.3 is 6.18 Å². The van der Waals surface area contributed by atoms with E-state index in [9.17, 15) is 26.0 Å². The molecule has 0 amide bonds. The van der Waals surface area contributed by atoms with E-state index in [-0.39, 0.29) is 27.8 Å². The van der Waals surface area contributed by atoms with Gasteiger partial charge in [-0.1, -0.05) is 11.3 Å². The van der Waals surface area contributed by atoms with Gasteiger partial charge < -0.3 is 0 Å². The number of sulfonamides is 1. The Morgan fingerprint density at radius 2 is 1.84 bits per heavy atom. The molecule has 3 rings (SSSR count). The Hall–Kier alpha value is -2.12. The predicted molar refractivity (Wildman–Crippen MR) is 79.0 cm³/mol. The van der Waals surface area contributed by atoms with Crippen LogP contribution in [0.1, 0.15) is 10.8 Å². The summed E-state index contributed by atoms with van der Waals surface area (Å²) in [6.07, 6.45) is -4.62. The van der Waals surface area contributed by atoms with Gasteiger partial charge in [-0.25, -0.2) is 17.5 Å². The molecule has 2 heterocycles. The summed E-state index contributed by atoms with van der Waals surface area (Å²) >= 11 is 0.876. The Morgan fingerprint density at radius 3 is 2.48 bits per heavy atom. The quantitative estimate of drug-likeness (QED) is 0.666. The minimum atomic E-state index is -4.69. The zero-order valence-corrected chi connectivity index (χ0v) is 13.8. The summed E-state index contributed by atoms with van der Waals surface area (Å²) in [7, 11) is -3.85. The maximum absolute atomic E-state index is 12.8. The zero-order chi connectivity index (χ0) is 18.2. The number of halogens is 4. The Bertz CT molecular complexity index is 995. The van der Waals surface area contributed by atoms with E-state index in [1.54, 1.807) is 0 Å². The summed E-state index contributed by atoms with van der Waals surface area (Å²) in [6, 6.07) is 4.24. The monoisotopic (exact) mass is 395 g/mol. The second-order valence-electron chi connectivity index (χ2n) is 4.81. The van der Waals surface area contributed by atoms with Crippen LogP contribution in [0.4, 0.5) is 17.6 Å². The van der Waals surface area contributed by atoms with E-state index in [0.717, 1.165) is 35.6 Å². The average Bonchev–Trinajstić information content (AvgIpc) is 3.06. The van der Waals surface area contributed by atoms with Crippen molar-refractivity contribution in [2.45, 2.75) is 17.5 Å². The van der Waals surface area contributed by atoms with Gasteiger partial charge in [0.25, 0.3) is 5.82 Å². The van der Waals surface area contributed by atoms with E-state index >= 15 is 0 Å². The SMILES string of the molecule is O=S(=O)(NCCc1nn2c(C(F)(F)F)nnc2s1)c1ccc(F)cc1. The number of aromatic nitrogens is 4. The molecule has 0 saturated carbocycles. The topological polar surface area (TPSA) is 89.2 Å². The first-order valence-corrected chi connectivity index (χ1v) is 9.00. The molecule has 1 N–H and O–H groups in total. The smallest absolute Gasteiger partial charge is 0.211 e. The molecular formula is C12H9F4N5O2S2. The van der Waals surface area contributed by atoms with E-state index in [1.807, 2.05) is 0 Å². The first-order chi connectivity index (χ1) is 11.7. The number of nitrogens with zero attached hydrogens (tertiary/aromatic N) is 4. The van der Waals surface area contributed by atoms with Gasteiger partial charge in [-0.2, -0.15) is 22.8 Å². The van der Waals surface area contributed by atoms with Crippen molar-refractivity contribution in [2.75, 3.05) is 6.54 Å². The molecule has 0 fully saturated rings. The number of alkyl halides is 3. The van der Waals surface area contributed by atoms with Crippen molar-refractivity contribution in [1.29, 1.82) is 0 Å². The highest BCUT2D eigenvalue weighted by Gasteiger charge is 2.38. The molecule has 13 heteroatoms. The molecule has 2 aromatic heterocycles. The van der Waals surface area contributed by atoms with Crippen LogP contribution in [0.3, 0.4) is 0 Å². The Kier molecular flexibility index (Phi) is 4.47. The minimum Gasteiger partial charge on any atom is -0.211 e. The average molecular weight is 395 g/mol. The number of rotatable bonds is 5. The fourth-order valence-corrected chi connectivity index (χ4v) is 3.79. The van der Waals surface area contributed by atoms with Crippen LogP contribution in [0.15, 0.2) is 29.2 Å². The van der Waals surface area contributed by atoms with Crippen LogP contribution >= 0.6 is 11.3 Å². The van der Waals surface area contributed by atoms with Crippen LogP contribution in [0.5, 0.6) is 0 Å². The summed E-state index contributed by atoms with van der Waals surface area (Å²) < 4.78 is 77.8. The summed E-state index contributed by atoms with van der Waals surface area (Å²) in [4.78, 5) is -0.157. The largest absolute Gasteiger partial charge is 0.453 e. The van der Waals surface area contributed by atoms with Crippen LogP contribution in [0, 0.1) is 5.82 Å². The highest BCUT2D eigenvalue weighted by molar-refractivity contribution is 7.89. The van der Waals surface area contributed by atoms with Crippen LogP contribution in [0.25, 0.3) is 4.96 Å². The van der Waals surface area contributed by atoms with Gasteiger partial charge in [0.05, 0.1) is 4.90 Å². The molecule has 0 unspecified atom stereocenters.